The zero-order valence-electron chi connectivity index (χ0n) is 19.1. The molecule has 0 aliphatic heterocycles. The number of rotatable bonds is 9. The van der Waals surface area contributed by atoms with E-state index in [0.717, 1.165) is 23.0 Å². The number of fused-ring (bicyclic) bond motifs is 1. The topological polar surface area (TPSA) is 89.4 Å². The minimum atomic E-state index is -3.79. The van der Waals surface area contributed by atoms with Crippen LogP contribution in [-0.2, 0) is 27.8 Å². The molecule has 0 radical (unpaired) electrons. The maximum Gasteiger partial charge on any atom is 0.255 e. The predicted molar refractivity (Wildman–Crippen MR) is 133 cm³/mol. The van der Waals surface area contributed by atoms with Crippen molar-refractivity contribution < 1.29 is 17.9 Å². The molecule has 34 heavy (non-hydrogen) atoms. The summed E-state index contributed by atoms with van der Waals surface area (Å²) in [5.41, 5.74) is 3.36. The lowest BCUT2D eigenvalue weighted by Crippen LogP contribution is -2.24. The second-order valence-corrected chi connectivity index (χ2v) is 9.76. The summed E-state index contributed by atoms with van der Waals surface area (Å²) in [4.78, 5) is 13.0. The Bertz CT molecular complexity index is 1410. The van der Waals surface area contributed by atoms with Gasteiger partial charge in [0.25, 0.3) is 5.91 Å². The van der Waals surface area contributed by atoms with Crippen LogP contribution in [0.4, 0.5) is 5.69 Å². The van der Waals surface area contributed by atoms with E-state index in [9.17, 15) is 13.2 Å². The van der Waals surface area contributed by atoms with Crippen LogP contribution >= 0.6 is 0 Å². The van der Waals surface area contributed by atoms with Crippen LogP contribution in [0.1, 0.15) is 21.5 Å². The summed E-state index contributed by atoms with van der Waals surface area (Å²) in [5.74, 6) is -0.377. The Morgan fingerprint density at radius 2 is 1.79 bits per heavy atom. The van der Waals surface area contributed by atoms with Crippen LogP contribution in [0.5, 0.6) is 0 Å². The zero-order valence-corrected chi connectivity index (χ0v) is 19.9. The number of nitrogens with one attached hydrogen (secondary N) is 2. The first-order chi connectivity index (χ1) is 16.4. The van der Waals surface area contributed by atoms with Crippen molar-refractivity contribution in [3.63, 3.8) is 0 Å². The molecule has 0 aliphatic carbocycles. The van der Waals surface area contributed by atoms with Crippen molar-refractivity contribution >= 4 is 32.5 Å². The Labute approximate surface area is 199 Å². The van der Waals surface area contributed by atoms with Gasteiger partial charge in [-0.05, 0) is 54.4 Å². The van der Waals surface area contributed by atoms with Gasteiger partial charge >= 0.3 is 0 Å². The molecule has 0 fully saturated rings. The van der Waals surface area contributed by atoms with Crippen LogP contribution in [-0.4, -0.2) is 32.6 Å². The van der Waals surface area contributed by atoms with Crippen molar-refractivity contribution in [2.75, 3.05) is 19.0 Å². The van der Waals surface area contributed by atoms with Crippen molar-refractivity contribution in [1.29, 1.82) is 0 Å². The third-order valence-electron chi connectivity index (χ3n) is 5.61. The summed E-state index contributed by atoms with van der Waals surface area (Å²) in [6.07, 6.45) is 1.98. The lowest BCUT2D eigenvalue weighted by molar-refractivity contribution is 0.102. The van der Waals surface area contributed by atoms with Crippen LogP contribution in [0, 0.1) is 6.92 Å². The van der Waals surface area contributed by atoms with Gasteiger partial charge in [-0.15, -0.1) is 0 Å². The number of carbonyl (C=O) groups excluding carboxylic acids is 1. The fraction of sp³-hybridized carbons (Fsp3) is 0.192. The molecule has 4 rings (SSSR count). The van der Waals surface area contributed by atoms with Crippen molar-refractivity contribution in [1.82, 2.24) is 9.29 Å². The van der Waals surface area contributed by atoms with Crippen molar-refractivity contribution in [2.45, 2.75) is 24.9 Å². The number of benzene rings is 3. The minimum Gasteiger partial charge on any atom is -0.383 e. The van der Waals surface area contributed by atoms with E-state index in [-0.39, 0.29) is 22.9 Å². The van der Waals surface area contributed by atoms with Crippen molar-refractivity contribution in [2.24, 2.45) is 0 Å². The van der Waals surface area contributed by atoms with E-state index in [2.05, 4.69) is 14.6 Å². The molecule has 176 valence electrons. The highest BCUT2D eigenvalue weighted by Gasteiger charge is 2.19. The number of methoxy groups -OCH3 is 1. The van der Waals surface area contributed by atoms with Gasteiger partial charge in [0.15, 0.2) is 0 Å². The van der Waals surface area contributed by atoms with Crippen LogP contribution in [0.15, 0.2) is 83.9 Å². The van der Waals surface area contributed by atoms with E-state index in [0.29, 0.717) is 17.9 Å². The molecule has 1 heterocycles. The Hall–Kier alpha value is -3.46. The molecule has 4 aromatic rings. The number of sulfonamides is 1. The number of hydrogen-bond donors (Lipinski definition) is 2. The summed E-state index contributed by atoms with van der Waals surface area (Å²) in [6, 6.07) is 21.6. The molecule has 0 unspecified atom stereocenters. The molecule has 0 bridgehead atoms. The average molecular weight is 478 g/mol. The third kappa shape index (κ3) is 5.36. The van der Waals surface area contributed by atoms with E-state index in [1.54, 1.807) is 26.2 Å². The van der Waals surface area contributed by atoms with Gasteiger partial charge in [0.05, 0.1) is 11.5 Å². The summed E-state index contributed by atoms with van der Waals surface area (Å²) in [5, 5.41) is 3.86. The molecule has 2 N–H and O–H groups in total. The standard InChI is InChI=1S/C26H27N3O4S/c1-19-8-9-22(17-25(19)34(31,32)27-18-20-6-4-3-5-7-20)26(30)28-23-10-11-24-21(16-23)12-13-29(24)14-15-33-2/h3-13,16-17,27H,14-15,18H2,1-2H3,(H,28,30). The van der Waals surface area contributed by atoms with Crippen LogP contribution < -0.4 is 10.0 Å². The molecule has 0 saturated heterocycles. The largest absolute Gasteiger partial charge is 0.383 e. The molecule has 8 heteroatoms. The number of hydrogen-bond acceptors (Lipinski definition) is 4. The quantitative estimate of drug-likeness (QED) is 0.376. The highest BCUT2D eigenvalue weighted by Crippen LogP contribution is 2.22. The van der Waals surface area contributed by atoms with E-state index in [1.165, 1.54) is 6.07 Å². The molecule has 0 saturated carbocycles. The number of anilines is 1. The molecular formula is C26H27N3O4S. The average Bonchev–Trinajstić information content (AvgIpc) is 3.24. The predicted octanol–water partition coefficient (Wildman–Crippen LogP) is 4.33. The van der Waals surface area contributed by atoms with Crippen LogP contribution in [0.25, 0.3) is 10.9 Å². The monoisotopic (exact) mass is 477 g/mol. The fourth-order valence-electron chi connectivity index (χ4n) is 3.75. The molecule has 7 nitrogen and oxygen atoms in total. The lowest BCUT2D eigenvalue weighted by atomic mass is 10.1. The summed E-state index contributed by atoms with van der Waals surface area (Å²) < 4.78 is 35.7. The van der Waals surface area contributed by atoms with Gasteiger partial charge < -0.3 is 14.6 Å². The van der Waals surface area contributed by atoms with Gasteiger partial charge in [0.1, 0.15) is 0 Å². The minimum absolute atomic E-state index is 0.0850. The molecular weight excluding hydrogens is 450 g/mol. The smallest absolute Gasteiger partial charge is 0.255 e. The first kappa shape index (κ1) is 23.7. The van der Waals surface area contributed by atoms with Crippen molar-refractivity contribution in [3.8, 4) is 0 Å². The number of aromatic nitrogens is 1. The van der Waals surface area contributed by atoms with E-state index in [1.807, 2.05) is 60.8 Å². The summed E-state index contributed by atoms with van der Waals surface area (Å²) in [7, 11) is -2.13. The maximum absolute atomic E-state index is 12.9. The first-order valence-electron chi connectivity index (χ1n) is 10.9. The van der Waals surface area contributed by atoms with Gasteiger partial charge in [-0.2, -0.15) is 0 Å². The first-order valence-corrected chi connectivity index (χ1v) is 12.4. The summed E-state index contributed by atoms with van der Waals surface area (Å²) >= 11 is 0. The second-order valence-electron chi connectivity index (χ2n) is 8.02. The molecule has 0 atom stereocenters. The third-order valence-corrected chi connectivity index (χ3v) is 7.16. The Morgan fingerprint density at radius 1 is 1.00 bits per heavy atom. The molecule has 1 aromatic heterocycles. The highest BCUT2D eigenvalue weighted by atomic mass is 32.2. The van der Waals surface area contributed by atoms with Gasteiger partial charge in [-0.1, -0.05) is 36.4 Å². The van der Waals surface area contributed by atoms with E-state index < -0.39 is 10.0 Å². The van der Waals surface area contributed by atoms with Gasteiger partial charge in [-0.3, -0.25) is 4.79 Å². The van der Waals surface area contributed by atoms with Crippen molar-refractivity contribution in [3.05, 3.63) is 95.7 Å². The number of nitrogens with zero attached hydrogens (tertiary/aromatic N) is 1. The molecule has 3 aromatic carbocycles. The number of amides is 1. The number of ether oxygens (including phenoxy) is 1. The van der Waals surface area contributed by atoms with Gasteiger partial charge in [0.2, 0.25) is 10.0 Å². The SMILES string of the molecule is COCCn1ccc2cc(NC(=O)c3ccc(C)c(S(=O)(=O)NCc4ccccc4)c3)ccc21. The van der Waals surface area contributed by atoms with Gasteiger partial charge in [0, 0.05) is 48.5 Å². The Balaban J connectivity index is 1.51. The normalized spacial score (nSPS) is 11.6. The van der Waals surface area contributed by atoms with E-state index in [4.69, 9.17) is 4.74 Å². The fourth-order valence-corrected chi connectivity index (χ4v) is 5.03. The van der Waals surface area contributed by atoms with Gasteiger partial charge in [-0.25, -0.2) is 13.1 Å². The zero-order chi connectivity index (χ0) is 24.1. The van der Waals surface area contributed by atoms with Crippen LogP contribution in [0.3, 0.4) is 0 Å². The molecule has 0 spiro atoms. The molecule has 1 amide bonds. The maximum atomic E-state index is 12.9. The summed E-state index contributed by atoms with van der Waals surface area (Å²) in [6.45, 7) is 3.23. The Kier molecular flexibility index (Phi) is 7.12. The number of aryl methyl sites for hydroxylation is 1. The second kappa shape index (κ2) is 10.2. The number of carbonyl (C=O) groups is 1. The highest BCUT2D eigenvalue weighted by molar-refractivity contribution is 7.89. The molecule has 0 aliphatic rings. The van der Waals surface area contributed by atoms with Crippen LogP contribution in [0.2, 0.25) is 0 Å². The lowest BCUT2D eigenvalue weighted by Gasteiger charge is -2.12. The van der Waals surface area contributed by atoms with E-state index >= 15 is 0 Å². The Morgan fingerprint density at radius 3 is 2.56 bits per heavy atom.